The van der Waals surface area contributed by atoms with Gasteiger partial charge in [0.25, 0.3) is 0 Å². The third-order valence-electron chi connectivity index (χ3n) is 4.64. The number of benzene rings is 1. The van der Waals surface area contributed by atoms with Gasteiger partial charge < -0.3 is 14.8 Å². The summed E-state index contributed by atoms with van der Waals surface area (Å²) in [5.41, 5.74) is 2.43. The number of carbonyl (C=O) groups is 1. The Hall–Kier alpha value is -2.53. The summed E-state index contributed by atoms with van der Waals surface area (Å²) in [7, 11) is 0. The molecule has 0 bridgehead atoms. The highest BCUT2D eigenvalue weighted by Gasteiger charge is 2.32. The lowest BCUT2D eigenvalue weighted by atomic mass is 10.1. The minimum Gasteiger partial charge on any atom is -0.347 e. The molecule has 0 saturated carbocycles. The summed E-state index contributed by atoms with van der Waals surface area (Å²) in [6.07, 6.45) is 2.95. The molecule has 3 heterocycles. The lowest BCUT2D eigenvalue weighted by molar-refractivity contribution is 0.170. The Morgan fingerprint density at radius 2 is 1.96 bits per heavy atom. The fraction of sp³-hybridized carbons (Fsp3) is 0.250. The van der Waals surface area contributed by atoms with E-state index in [1.165, 1.54) is 16.1 Å². The number of nitrogens with one attached hydrogen (secondary N) is 1. The van der Waals surface area contributed by atoms with Crippen molar-refractivity contribution >= 4 is 17.4 Å². The minimum atomic E-state index is 0.000440. The number of carbonyl (C=O) groups excluding carboxylic acids is 1. The van der Waals surface area contributed by atoms with Crippen molar-refractivity contribution in [2.75, 3.05) is 13.1 Å². The molecule has 0 saturated heterocycles. The van der Waals surface area contributed by atoms with Crippen LogP contribution in [-0.2, 0) is 13.0 Å². The Morgan fingerprint density at radius 1 is 1.08 bits per heavy atom. The van der Waals surface area contributed by atoms with E-state index >= 15 is 0 Å². The summed E-state index contributed by atoms with van der Waals surface area (Å²) in [4.78, 5) is 16.0. The van der Waals surface area contributed by atoms with E-state index in [0.29, 0.717) is 6.54 Å². The topological polar surface area (TPSA) is 37.3 Å². The van der Waals surface area contributed by atoms with Gasteiger partial charge in [0, 0.05) is 36.4 Å². The van der Waals surface area contributed by atoms with Crippen LogP contribution in [0.5, 0.6) is 0 Å². The highest BCUT2D eigenvalue weighted by atomic mass is 32.1. The Balaban J connectivity index is 1.47. The summed E-state index contributed by atoms with van der Waals surface area (Å²) in [6.45, 7) is 2.22. The number of fused-ring (bicyclic) bond motifs is 1. The SMILES string of the molecule is O=C(NCCc1ccccc1)N1CCn2cccc2[C@H]1c1cccs1. The summed E-state index contributed by atoms with van der Waals surface area (Å²) >= 11 is 1.70. The summed E-state index contributed by atoms with van der Waals surface area (Å²) in [5.74, 6) is 0. The van der Waals surface area contributed by atoms with E-state index in [4.69, 9.17) is 0 Å². The van der Waals surface area contributed by atoms with Crippen LogP contribution in [0.25, 0.3) is 0 Å². The van der Waals surface area contributed by atoms with Gasteiger partial charge in [-0.25, -0.2) is 4.79 Å². The van der Waals surface area contributed by atoms with Gasteiger partial charge in [-0.15, -0.1) is 11.3 Å². The summed E-state index contributed by atoms with van der Waals surface area (Å²) < 4.78 is 2.25. The number of rotatable bonds is 4. The number of thiophene rings is 1. The van der Waals surface area contributed by atoms with Crippen molar-refractivity contribution in [1.29, 1.82) is 0 Å². The molecule has 1 aromatic carbocycles. The molecule has 0 fully saturated rings. The first-order valence-electron chi connectivity index (χ1n) is 8.60. The Labute approximate surface area is 151 Å². The molecule has 2 amide bonds. The molecular weight excluding hydrogens is 330 g/mol. The van der Waals surface area contributed by atoms with Crippen LogP contribution in [0, 0.1) is 0 Å². The van der Waals surface area contributed by atoms with Crippen molar-refractivity contribution < 1.29 is 4.79 Å². The van der Waals surface area contributed by atoms with Crippen LogP contribution < -0.4 is 5.32 Å². The van der Waals surface area contributed by atoms with Crippen molar-refractivity contribution in [3.05, 3.63) is 82.3 Å². The molecule has 0 radical (unpaired) electrons. The predicted octanol–water partition coefficient (Wildman–Crippen LogP) is 3.91. The quantitative estimate of drug-likeness (QED) is 0.760. The van der Waals surface area contributed by atoms with Crippen molar-refractivity contribution in [3.63, 3.8) is 0 Å². The van der Waals surface area contributed by atoms with Gasteiger partial charge in [0.15, 0.2) is 0 Å². The molecule has 0 spiro atoms. The molecule has 1 N–H and O–H groups in total. The zero-order valence-electron chi connectivity index (χ0n) is 14.0. The van der Waals surface area contributed by atoms with Crippen molar-refractivity contribution in [2.24, 2.45) is 0 Å². The zero-order valence-corrected chi connectivity index (χ0v) is 14.8. The van der Waals surface area contributed by atoms with Gasteiger partial charge in [0.2, 0.25) is 0 Å². The maximum atomic E-state index is 12.8. The number of amides is 2. The van der Waals surface area contributed by atoms with Crippen molar-refractivity contribution in [1.82, 2.24) is 14.8 Å². The zero-order chi connectivity index (χ0) is 17.1. The molecule has 0 aliphatic carbocycles. The van der Waals surface area contributed by atoms with Gasteiger partial charge in [0.05, 0.1) is 0 Å². The molecule has 4 nitrogen and oxygen atoms in total. The number of urea groups is 1. The molecule has 0 unspecified atom stereocenters. The molecular formula is C20H21N3OS. The monoisotopic (exact) mass is 351 g/mol. The average Bonchev–Trinajstić information content (AvgIpc) is 3.33. The van der Waals surface area contributed by atoms with Crippen LogP contribution in [0.2, 0.25) is 0 Å². The van der Waals surface area contributed by atoms with Crippen LogP contribution in [0.15, 0.2) is 66.2 Å². The number of hydrogen-bond donors (Lipinski definition) is 1. The molecule has 4 rings (SSSR count). The minimum absolute atomic E-state index is 0.000440. The third-order valence-corrected chi connectivity index (χ3v) is 5.57. The fourth-order valence-electron chi connectivity index (χ4n) is 3.41. The highest BCUT2D eigenvalue weighted by molar-refractivity contribution is 7.10. The normalized spacial score (nSPS) is 16.5. The molecule has 1 atom stereocenters. The van der Waals surface area contributed by atoms with Crippen LogP contribution in [0.4, 0.5) is 4.79 Å². The number of hydrogen-bond acceptors (Lipinski definition) is 2. The molecule has 128 valence electrons. The standard InChI is InChI=1S/C20H21N3OS/c24-20(21-11-10-16-6-2-1-3-7-16)23-14-13-22-12-4-8-17(22)19(23)18-9-5-15-25-18/h1-9,12,15,19H,10-11,13-14H2,(H,21,24)/t19-/m0/s1. The van der Waals surface area contributed by atoms with Crippen molar-refractivity contribution in [2.45, 2.75) is 19.0 Å². The third kappa shape index (κ3) is 3.33. The van der Waals surface area contributed by atoms with E-state index in [1.807, 2.05) is 29.2 Å². The van der Waals surface area contributed by atoms with E-state index < -0.39 is 0 Å². The first-order chi connectivity index (χ1) is 12.3. The van der Waals surface area contributed by atoms with Gasteiger partial charge in [-0.2, -0.15) is 0 Å². The molecule has 25 heavy (non-hydrogen) atoms. The second kappa shape index (κ2) is 7.15. The largest absolute Gasteiger partial charge is 0.347 e. The lowest BCUT2D eigenvalue weighted by Gasteiger charge is -2.36. The fourth-order valence-corrected chi connectivity index (χ4v) is 4.26. The van der Waals surface area contributed by atoms with E-state index in [-0.39, 0.29) is 12.1 Å². The number of aromatic nitrogens is 1. The summed E-state index contributed by atoms with van der Waals surface area (Å²) in [5, 5.41) is 5.17. The molecule has 5 heteroatoms. The number of nitrogens with zero attached hydrogens (tertiary/aromatic N) is 2. The van der Waals surface area contributed by atoms with Crippen molar-refractivity contribution in [3.8, 4) is 0 Å². The van der Waals surface area contributed by atoms with Crippen LogP contribution in [0.1, 0.15) is 22.2 Å². The second-order valence-electron chi connectivity index (χ2n) is 6.21. The van der Waals surface area contributed by atoms with Crippen LogP contribution >= 0.6 is 11.3 Å². The first kappa shape index (κ1) is 16.0. The lowest BCUT2D eigenvalue weighted by Crippen LogP contribution is -2.47. The van der Waals surface area contributed by atoms with Gasteiger partial charge in [-0.1, -0.05) is 36.4 Å². The van der Waals surface area contributed by atoms with Gasteiger partial charge >= 0.3 is 6.03 Å². The molecule has 3 aromatic rings. The maximum absolute atomic E-state index is 12.8. The van der Waals surface area contributed by atoms with E-state index in [9.17, 15) is 4.79 Å². The van der Waals surface area contributed by atoms with E-state index in [0.717, 1.165) is 19.5 Å². The molecule has 1 aliphatic rings. The summed E-state index contributed by atoms with van der Waals surface area (Å²) in [6, 6.07) is 18.6. The first-order valence-corrected chi connectivity index (χ1v) is 9.48. The van der Waals surface area contributed by atoms with Crippen LogP contribution in [0.3, 0.4) is 0 Å². The Bertz CT molecular complexity index is 826. The Kier molecular flexibility index (Phi) is 4.57. The van der Waals surface area contributed by atoms with Gasteiger partial charge in [-0.05, 0) is 35.6 Å². The van der Waals surface area contributed by atoms with E-state index in [2.05, 4.69) is 51.8 Å². The predicted molar refractivity (Wildman–Crippen MR) is 101 cm³/mol. The Morgan fingerprint density at radius 3 is 2.76 bits per heavy atom. The average molecular weight is 351 g/mol. The van der Waals surface area contributed by atoms with E-state index in [1.54, 1.807) is 11.3 Å². The van der Waals surface area contributed by atoms with Crippen LogP contribution in [-0.4, -0.2) is 28.6 Å². The maximum Gasteiger partial charge on any atom is 0.318 e. The molecule has 1 aliphatic heterocycles. The van der Waals surface area contributed by atoms with Gasteiger partial charge in [0.1, 0.15) is 6.04 Å². The molecule has 2 aromatic heterocycles. The van der Waals surface area contributed by atoms with Gasteiger partial charge in [-0.3, -0.25) is 0 Å². The highest BCUT2D eigenvalue weighted by Crippen LogP contribution is 2.34. The second-order valence-corrected chi connectivity index (χ2v) is 7.18. The smallest absolute Gasteiger partial charge is 0.318 e.